The lowest BCUT2D eigenvalue weighted by Crippen LogP contribution is -2.05. The molecule has 1 aromatic carbocycles. The Labute approximate surface area is 111 Å². The summed E-state index contributed by atoms with van der Waals surface area (Å²) in [6.45, 7) is 1.32. The van der Waals surface area contributed by atoms with Gasteiger partial charge in [0.05, 0.1) is 4.92 Å². The Balaban J connectivity index is 2.53. The van der Waals surface area contributed by atoms with Crippen LogP contribution in [0.3, 0.4) is 0 Å². The maximum absolute atomic E-state index is 13.5. The van der Waals surface area contributed by atoms with Gasteiger partial charge < -0.3 is 10.5 Å². The molecular weight excluding hydrogens is 274 g/mol. The lowest BCUT2D eigenvalue weighted by molar-refractivity contribution is -0.386. The molecule has 0 radical (unpaired) electrons. The monoisotopic (exact) mass is 282 g/mol. The van der Waals surface area contributed by atoms with E-state index in [0.29, 0.717) is 0 Å². The van der Waals surface area contributed by atoms with Crippen LogP contribution in [0.4, 0.5) is 20.4 Å². The highest BCUT2D eigenvalue weighted by atomic mass is 19.2. The van der Waals surface area contributed by atoms with Crippen LogP contribution in [-0.4, -0.2) is 14.9 Å². The van der Waals surface area contributed by atoms with Crippen molar-refractivity contribution in [2.45, 2.75) is 6.92 Å². The van der Waals surface area contributed by atoms with Gasteiger partial charge in [0.2, 0.25) is 11.8 Å². The first-order chi connectivity index (χ1) is 9.40. The van der Waals surface area contributed by atoms with Crippen LogP contribution in [0.15, 0.2) is 18.2 Å². The summed E-state index contributed by atoms with van der Waals surface area (Å²) in [5.41, 5.74) is 4.74. The highest BCUT2D eigenvalue weighted by Crippen LogP contribution is 2.33. The summed E-state index contributed by atoms with van der Waals surface area (Å²) in [5, 5.41) is 10.9. The maximum Gasteiger partial charge on any atom is 0.352 e. The molecule has 0 spiro atoms. The van der Waals surface area contributed by atoms with E-state index in [-0.39, 0.29) is 11.6 Å². The molecular formula is C11H8F2N4O3. The molecule has 2 rings (SSSR count). The molecule has 9 heteroatoms. The Bertz CT molecular complexity index is 694. The average Bonchev–Trinajstić information content (AvgIpc) is 2.33. The molecule has 1 aromatic heterocycles. The van der Waals surface area contributed by atoms with Crippen molar-refractivity contribution in [2.24, 2.45) is 0 Å². The summed E-state index contributed by atoms with van der Waals surface area (Å²) in [7, 11) is 0. The second kappa shape index (κ2) is 5.03. The summed E-state index contributed by atoms with van der Waals surface area (Å²) in [5.74, 6) is -3.80. The van der Waals surface area contributed by atoms with Crippen molar-refractivity contribution in [2.75, 3.05) is 5.73 Å². The third kappa shape index (κ3) is 2.46. The van der Waals surface area contributed by atoms with Crippen LogP contribution in [0, 0.1) is 28.7 Å². The van der Waals surface area contributed by atoms with E-state index < -0.39 is 33.9 Å². The van der Waals surface area contributed by atoms with Gasteiger partial charge in [-0.05, 0) is 19.1 Å². The molecule has 2 aromatic rings. The molecule has 0 amide bonds. The zero-order valence-corrected chi connectivity index (χ0v) is 10.1. The van der Waals surface area contributed by atoms with Gasteiger partial charge in [0.1, 0.15) is 5.69 Å². The SMILES string of the molecule is Cc1nc(N)nc(Oc2cccc(F)c2F)c1[N+](=O)[O-]. The van der Waals surface area contributed by atoms with Crippen molar-refractivity contribution < 1.29 is 18.4 Å². The molecule has 0 saturated carbocycles. The molecule has 0 aliphatic heterocycles. The summed E-state index contributed by atoms with van der Waals surface area (Å²) in [4.78, 5) is 17.3. The predicted molar refractivity (Wildman–Crippen MR) is 64.3 cm³/mol. The molecule has 0 atom stereocenters. The van der Waals surface area contributed by atoms with Crippen molar-refractivity contribution in [1.82, 2.24) is 9.97 Å². The Hall–Kier alpha value is -2.84. The van der Waals surface area contributed by atoms with Crippen LogP contribution in [0.25, 0.3) is 0 Å². The van der Waals surface area contributed by atoms with Gasteiger partial charge >= 0.3 is 11.6 Å². The Morgan fingerprint density at radius 3 is 2.70 bits per heavy atom. The number of ether oxygens (including phenoxy) is 1. The number of nitrogens with zero attached hydrogens (tertiary/aromatic N) is 3. The molecule has 2 N–H and O–H groups in total. The minimum absolute atomic E-state index is 0.0469. The molecule has 104 valence electrons. The fourth-order valence-electron chi connectivity index (χ4n) is 1.51. The van der Waals surface area contributed by atoms with Gasteiger partial charge in [0.25, 0.3) is 0 Å². The fourth-order valence-corrected chi connectivity index (χ4v) is 1.51. The van der Waals surface area contributed by atoms with Crippen LogP contribution < -0.4 is 10.5 Å². The van der Waals surface area contributed by atoms with Gasteiger partial charge in [0.15, 0.2) is 11.6 Å². The highest BCUT2D eigenvalue weighted by Gasteiger charge is 2.25. The molecule has 0 unspecified atom stereocenters. The van der Waals surface area contributed by atoms with Crippen molar-refractivity contribution in [1.29, 1.82) is 0 Å². The molecule has 20 heavy (non-hydrogen) atoms. The minimum Gasteiger partial charge on any atom is -0.430 e. The Kier molecular flexibility index (Phi) is 3.42. The van der Waals surface area contributed by atoms with E-state index in [0.717, 1.165) is 12.1 Å². The first kappa shape index (κ1) is 13.6. The van der Waals surface area contributed by atoms with E-state index >= 15 is 0 Å². The zero-order valence-electron chi connectivity index (χ0n) is 10.1. The maximum atomic E-state index is 13.5. The number of rotatable bonds is 3. The number of anilines is 1. The lowest BCUT2D eigenvalue weighted by atomic mass is 10.3. The van der Waals surface area contributed by atoms with E-state index in [1.54, 1.807) is 0 Å². The normalized spacial score (nSPS) is 10.3. The van der Waals surface area contributed by atoms with E-state index in [9.17, 15) is 18.9 Å². The lowest BCUT2D eigenvalue weighted by Gasteiger charge is -2.08. The third-order valence-electron chi connectivity index (χ3n) is 2.35. The third-order valence-corrected chi connectivity index (χ3v) is 2.35. The van der Waals surface area contributed by atoms with Gasteiger partial charge in [-0.3, -0.25) is 10.1 Å². The number of benzene rings is 1. The number of aryl methyl sites for hydroxylation is 1. The molecule has 0 bridgehead atoms. The summed E-state index contributed by atoms with van der Waals surface area (Å²) >= 11 is 0. The van der Waals surface area contributed by atoms with Gasteiger partial charge in [-0.1, -0.05) is 6.07 Å². The van der Waals surface area contributed by atoms with Gasteiger partial charge in [-0.2, -0.15) is 9.37 Å². The van der Waals surface area contributed by atoms with Crippen LogP contribution >= 0.6 is 0 Å². The minimum atomic E-state index is -1.28. The van der Waals surface area contributed by atoms with Crippen molar-refractivity contribution >= 4 is 11.6 Å². The largest absolute Gasteiger partial charge is 0.430 e. The van der Waals surface area contributed by atoms with Crippen LogP contribution in [0.2, 0.25) is 0 Å². The topological polar surface area (TPSA) is 104 Å². The van der Waals surface area contributed by atoms with E-state index in [1.165, 1.54) is 13.0 Å². The molecule has 1 heterocycles. The Morgan fingerprint density at radius 1 is 1.35 bits per heavy atom. The molecule has 0 aliphatic rings. The zero-order chi connectivity index (χ0) is 14.9. The molecule has 0 fully saturated rings. The number of nitrogens with two attached hydrogens (primary N) is 1. The quantitative estimate of drug-likeness (QED) is 0.684. The molecule has 7 nitrogen and oxygen atoms in total. The number of nitro groups is 1. The van der Waals surface area contributed by atoms with E-state index in [1.807, 2.05) is 0 Å². The summed E-state index contributed by atoms with van der Waals surface area (Å²) in [6.07, 6.45) is 0. The highest BCUT2D eigenvalue weighted by molar-refractivity contribution is 5.49. The van der Waals surface area contributed by atoms with Gasteiger partial charge in [-0.15, -0.1) is 0 Å². The van der Waals surface area contributed by atoms with Crippen LogP contribution in [-0.2, 0) is 0 Å². The van der Waals surface area contributed by atoms with Crippen molar-refractivity contribution in [3.8, 4) is 11.6 Å². The van der Waals surface area contributed by atoms with Crippen molar-refractivity contribution in [3.63, 3.8) is 0 Å². The number of hydrogen-bond acceptors (Lipinski definition) is 6. The first-order valence-electron chi connectivity index (χ1n) is 5.30. The standard InChI is InChI=1S/C11H8F2N4O3/c1-5-9(17(18)19)10(16-11(14)15-5)20-7-4-2-3-6(12)8(7)13/h2-4H,1H3,(H2,14,15,16). The van der Waals surface area contributed by atoms with E-state index in [4.69, 9.17) is 10.5 Å². The number of aromatic nitrogens is 2. The average molecular weight is 282 g/mol. The van der Waals surface area contributed by atoms with Crippen LogP contribution in [0.5, 0.6) is 11.6 Å². The predicted octanol–water partition coefficient (Wildman–Crippen LogP) is 2.35. The van der Waals surface area contributed by atoms with Gasteiger partial charge in [0, 0.05) is 0 Å². The second-order valence-electron chi connectivity index (χ2n) is 3.73. The number of halogens is 2. The molecule has 0 aliphatic carbocycles. The smallest absolute Gasteiger partial charge is 0.352 e. The molecule has 0 saturated heterocycles. The van der Waals surface area contributed by atoms with Gasteiger partial charge in [-0.25, -0.2) is 9.37 Å². The number of nitrogen functional groups attached to an aromatic ring is 1. The van der Waals surface area contributed by atoms with E-state index in [2.05, 4.69) is 9.97 Å². The summed E-state index contributed by atoms with van der Waals surface area (Å²) < 4.78 is 31.5. The second-order valence-corrected chi connectivity index (χ2v) is 3.73. The number of hydrogen-bond donors (Lipinski definition) is 1. The summed E-state index contributed by atoms with van der Waals surface area (Å²) in [6, 6.07) is 3.18. The van der Waals surface area contributed by atoms with Crippen LogP contribution in [0.1, 0.15) is 5.69 Å². The fraction of sp³-hybridized carbons (Fsp3) is 0.0909. The first-order valence-corrected chi connectivity index (χ1v) is 5.30. The Morgan fingerprint density at radius 2 is 2.05 bits per heavy atom. The van der Waals surface area contributed by atoms with Crippen molar-refractivity contribution in [3.05, 3.63) is 45.6 Å².